The summed E-state index contributed by atoms with van der Waals surface area (Å²) in [7, 11) is 0. The SMILES string of the molecule is CCCCCCCCNCCC#N. The molecule has 2 nitrogen and oxygen atoms in total. The van der Waals surface area contributed by atoms with Gasteiger partial charge in [-0.1, -0.05) is 39.0 Å². The molecule has 0 saturated heterocycles. The molecule has 13 heavy (non-hydrogen) atoms. The Morgan fingerprint density at radius 3 is 2.38 bits per heavy atom. The van der Waals surface area contributed by atoms with Gasteiger partial charge >= 0.3 is 0 Å². The molecule has 76 valence electrons. The van der Waals surface area contributed by atoms with Crippen LogP contribution in [0.2, 0.25) is 0 Å². The van der Waals surface area contributed by atoms with Crippen LogP contribution in [0.15, 0.2) is 0 Å². The van der Waals surface area contributed by atoms with Gasteiger partial charge in [0, 0.05) is 13.0 Å². The summed E-state index contributed by atoms with van der Waals surface area (Å²) in [6, 6.07) is 2.12. The summed E-state index contributed by atoms with van der Waals surface area (Å²) in [5, 5.41) is 11.5. The van der Waals surface area contributed by atoms with Crippen molar-refractivity contribution in [1.82, 2.24) is 5.32 Å². The van der Waals surface area contributed by atoms with Gasteiger partial charge in [0.25, 0.3) is 0 Å². The summed E-state index contributed by atoms with van der Waals surface area (Å²) in [5.41, 5.74) is 0. The van der Waals surface area contributed by atoms with Crippen molar-refractivity contribution >= 4 is 0 Å². The lowest BCUT2D eigenvalue weighted by atomic mass is 10.1. The molecule has 0 radical (unpaired) electrons. The molecule has 0 aliphatic carbocycles. The van der Waals surface area contributed by atoms with Crippen molar-refractivity contribution in [2.75, 3.05) is 13.1 Å². The second-order valence-corrected chi connectivity index (χ2v) is 3.43. The van der Waals surface area contributed by atoms with E-state index in [0.717, 1.165) is 13.1 Å². The number of nitriles is 1. The summed E-state index contributed by atoms with van der Waals surface area (Å²) >= 11 is 0. The normalized spacial score (nSPS) is 9.85. The molecule has 0 heterocycles. The second kappa shape index (κ2) is 11.4. The van der Waals surface area contributed by atoms with Crippen molar-refractivity contribution in [3.63, 3.8) is 0 Å². The average molecular weight is 182 g/mol. The highest BCUT2D eigenvalue weighted by Gasteiger charge is 1.89. The zero-order valence-corrected chi connectivity index (χ0v) is 8.81. The largest absolute Gasteiger partial charge is 0.316 e. The van der Waals surface area contributed by atoms with Crippen molar-refractivity contribution in [2.45, 2.75) is 51.9 Å². The summed E-state index contributed by atoms with van der Waals surface area (Å²) in [6.45, 7) is 4.17. The summed E-state index contributed by atoms with van der Waals surface area (Å²) in [5.74, 6) is 0. The summed E-state index contributed by atoms with van der Waals surface area (Å²) in [6.07, 6.45) is 8.68. The fourth-order valence-electron chi connectivity index (χ4n) is 1.30. The van der Waals surface area contributed by atoms with E-state index in [0.29, 0.717) is 6.42 Å². The molecule has 0 rings (SSSR count). The van der Waals surface area contributed by atoms with Crippen LogP contribution in [0.1, 0.15) is 51.9 Å². The Morgan fingerprint density at radius 1 is 1.00 bits per heavy atom. The quantitative estimate of drug-likeness (QED) is 0.557. The smallest absolute Gasteiger partial charge is 0.0635 e. The zero-order valence-electron chi connectivity index (χ0n) is 8.81. The van der Waals surface area contributed by atoms with Crippen molar-refractivity contribution in [1.29, 1.82) is 5.26 Å². The van der Waals surface area contributed by atoms with Gasteiger partial charge < -0.3 is 5.32 Å². The van der Waals surface area contributed by atoms with Gasteiger partial charge in [-0.2, -0.15) is 5.26 Å². The van der Waals surface area contributed by atoms with E-state index in [4.69, 9.17) is 5.26 Å². The fraction of sp³-hybridized carbons (Fsp3) is 0.909. The number of hydrogen-bond acceptors (Lipinski definition) is 2. The molecule has 0 aliphatic heterocycles. The van der Waals surface area contributed by atoms with Crippen molar-refractivity contribution in [3.05, 3.63) is 0 Å². The van der Waals surface area contributed by atoms with Crippen LogP contribution in [0.4, 0.5) is 0 Å². The number of rotatable bonds is 9. The van der Waals surface area contributed by atoms with E-state index in [2.05, 4.69) is 18.3 Å². The van der Waals surface area contributed by atoms with Crippen LogP contribution in [0.25, 0.3) is 0 Å². The maximum absolute atomic E-state index is 8.28. The van der Waals surface area contributed by atoms with E-state index in [1.54, 1.807) is 0 Å². The highest BCUT2D eigenvalue weighted by Crippen LogP contribution is 2.03. The van der Waals surface area contributed by atoms with Gasteiger partial charge in [0.15, 0.2) is 0 Å². The van der Waals surface area contributed by atoms with E-state index in [-0.39, 0.29) is 0 Å². The molecular formula is C11H22N2. The first-order chi connectivity index (χ1) is 6.41. The molecule has 0 bridgehead atoms. The Balaban J connectivity index is 2.80. The lowest BCUT2D eigenvalue weighted by molar-refractivity contribution is 0.575. The Hall–Kier alpha value is -0.550. The van der Waals surface area contributed by atoms with Gasteiger partial charge in [-0.15, -0.1) is 0 Å². The van der Waals surface area contributed by atoms with Crippen molar-refractivity contribution < 1.29 is 0 Å². The Morgan fingerprint density at radius 2 is 1.69 bits per heavy atom. The van der Waals surface area contributed by atoms with Gasteiger partial charge in [0.2, 0.25) is 0 Å². The Kier molecular flexibility index (Phi) is 11.0. The molecule has 0 unspecified atom stereocenters. The van der Waals surface area contributed by atoms with Crippen LogP contribution in [0, 0.1) is 11.3 Å². The molecule has 1 N–H and O–H groups in total. The molecule has 0 aromatic carbocycles. The maximum Gasteiger partial charge on any atom is 0.0635 e. The maximum atomic E-state index is 8.28. The number of hydrogen-bond donors (Lipinski definition) is 1. The standard InChI is InChI=1S/C11H22N2/c1-2-3-4-5-6-7-10-13-11-8-9-12/h13H,2-8,10-11H2,1H3. The fourth-order valence-corrected chi connectivity index (χ4v) is 1.30. The first kappa shape index (κ1) is 12.4. The lowest BCUT2D eigenvalue weighted by Gasteiger charge is -2.01. The molecule has 0 spiro atoms. The van der Waals surface area contributed by atoms with Crippen molar-refractivity contribution in [3.8, 4) is 6.07 Å². The van der Waals surface area contributed by atoms with Gasteiger partial charge in [-0.3, -0.25) is 0 Å². The zero-order chi connectivity index (χ0) is 9.78. The molecule has 0 amide bonds. The van der Waals surface area contributed by atoms with E-state index >= 15 is 0 Å². The minimum Gasteiger partial charge on any atom is -0.316 e. The predicted molar refractivity (Wildman–Crippen MR) is 56.5 cm³/mol. The Bertz CT molecular complexity index is 127. The van der Waals surface area contributed by atoms with E-state index < -0.39 is 0 Å². The van der Waals surface area contributed by atoms with Crippen LogP contribution in [0.3, 0.4) is 0 Å². The third-order valence-corrected chi connectivity index (χ3v) is 2.12. The first-order valence-corrected chi connectivity index (χ1v) is 5.49. The number of unbranched alkanes of at least 4 members (excludes halogenated alkanes) is 5. The second-order valence-electron chi connectivity index (χ2n) is 3.43. The van der Waals surface area contributed by atoms with Gasteiger partial charge in [0.05, 0.1) is 6.07 Å². The molecule has 0 atom stereocenters. The monoisotopic (exact) mass is 182 g/mol. The third-order valence-electron chi connectivity index (χ3n) is 2.12. The molecular weight excluding hydrogens is 160 g/mol. The van der Waals surface area contributed by atoms with Crippen LogP contribution in [-0.2, 0) is 0 Å². The summed E-state index contributed by atoms with van der Waals surface area (Å²) in [4.78, 5) is 0. The van der Waals surface area contributed by atoms with E-state index in [1.165, 1.54) is 38.5 Å². The topological polar surface area (TPSA) is 35.8 Å². The number of nitrogens with one attached hydrogen (secondary N) is 1. The molecule has 0 aliphatic rings. The van der Waals surface area contributed by atoms with Crippen LogP contribution < -0.4 is 5.32 Å². The highest BCUT2D eigenvalue weighted by molar-refractivity contribution is 4.69. The minimum atomic E-state index is 0.635. The Labute approximate surface area is 82.3 Å². The predicted octanol–water partition coefficient (Wildman–Crippen LogP) is 2.85. The van der Waals surface area contributed by atoms with E-state index in [9.17, 15) is 0 Å². The van der Waals surface area contributed by atoms with E-state index in [1.807, 2.05) is 0 Å². The van der Waals surface area contributed by atoms with Gasteiger partial charge in [-0.25, -0.2) is 0 Å². The molecule has 0 aromatic heterocycles. The molecule has 0 aromatic rings. The third kappa shape index (κ3) is 11.5. The first-order valence-electron chi connectivity index (χ1n) is 5.49. The van der Waals surface area contributed by atoms with Gasteiger partial charge in [0.1, 0.15) is 0 Å². The van der Waals surface area contributed by atoms with Crippen LogP contribution in [0.5, 0.6) is 0 Å². The molecule has 0 fully saturated rings. The summed E-state index contributed by atoms with van der Waals surface area (Å²) < 4.78 is 0. The lowest BCUT2D eigenvalue weighted by Crippen LogP contribution is -2.15. The van der Waals surface area contributed by atoms with Crippen LogP contribution >= 0.6 is 0 Å². The number of nitrogens with zero attached hydrogens (tertiary/aromatic N) is 1. The molecule has 2 heteroatoms. The van der Waals surface area contributed by atoms with Crippen molar-refractivity contribution in [2.24, 2.45) is 0 Å². The van der Waals surface area contributed by atoms with Crippen LogP contribution in [-0.4, -0.2) is 13.1 Å². The average Bonchev–Trinajstić information content (AvgIpc) is 2.16. The molecule has 0 saturated carbocycles. The van der Waals surface area contributed by atoms with Gasteiger partial charge in [-0.05, 0) is 13.0 Å². The minimum absolute atomic E-state index is 0.635. The highest BCUT2D eigenvalue weighted by atomic mass is 14.8.